The third-order valence-corrected chi connectivity index (χ3v) is 9.93. The van der Waals surface area contributed by atoms with Crippen molar-refractivity contribution in [1.82, 2.24) is 15.2 Å². The third-order valence-electron chi connectivity index (χ3n) is 9.93. The minimum atomic E-state index is -0.220. The van der Waals surface area contributed by atoms with Crippen molar-refractivity contribution in [1.29, 1.82) is 0 Å². The number of nitrogens with zero attached hydrogens (tertiary/aromatic N) is 3. The highest BCUT2D eigenvalue weighted by molar-refractivity contribution is 6.46. The van der Waals surface area contributed by atoms with Crippen LogP contribution in [0.25, 0.3) is 11.1 Å². The minimum absolute atomic E-state index is 0.0181. The molecule has 0 unspecified atom stereocenters. The largest absolute Gasteiger partial charge is 0.321 e. The second-order valence-electron chi connectivity index (χ2n) is 13.4. The Morgan fingerprint density at radius 3 is 2.59 bits per heavy atom. The zero-order chi connectivity index (χ0) is 30.6. The first-order valence-electron chi connectivity index (χ1n) is 16.7. The molecule has 2 fully saturated rings. The molecule has 6 heteroatoms. The maximum atomic E-state index is 13.6. The summed E-state index contributed by atoms with van der Waals surface area (Å²) < 4.78 is 0. The van der Waals surface area contributed by atoms with E-state index in [1.807, 2.05) is 44.5 Å². The summed E-state index contributed by atoms with van der Waals surface area (Å²) in [6.07, 6.45) is 20.2. The number of piperidine rings is 1. The van der Waals surface area contributed by atoms with Gasteiger partial charge in [0.2, 0.25) is 0 Å². The van der Waals surface area contributed by atoms with Gasteiger partial charge in [0, 0.05) is 47.3 Å². The molecule has 0 spiro atoms. The normalized spacial score (nSPS) is 21.5. The van der Waals surface area contributed by atoms with E-state index in [4.69, 9.17) is 4.99 Å². The number of ketones is 1. The summed E-state index contributed by atoms with van der Waals surface area (Å²) in [6.45, 7) is 9.34. The van der Waals surface area contributed by atoms with Gasteiger partial charge in [0.05, 0.1) is 6.04 Å². The van der Waals surface area contributed by atoms with Crippen LogP contribution in [0.1, 0.15) is 101 Å². The smallest absolute Gasteiger partial charge is 0.274 e. The van der Waals surface area contributed by atoms with Crippen LogP contribution in [0.15, 0.2) is 76.7 Å². The van der Waals surface area contributed by atoms with Gasteiger partial charge < -0.3 is 5.32 Å². The molecule has 1 N–H and O–H groups in total. The number of pyridine rings is 1. The molecule has 2 aliphatic carbocycles. The molecular formula is C38H46N4O2. The molecule has 1 aromatic carbocycles. The second-order valence-corrected chi connectivity index (χ2v) is 13.4. The first-order valence-corrected chi connectivity index (χ1v) is 16.7. The summed E-state index contributed by atoms with van der Waals surface area (Å²) in [6, 6.07) is 8.44. The molecule has 1 saturated carbocycles. The Kier molecular flexibility index (Phi) is 9.36. The van der Waals surface area contributed by atoms with Crippen LogP contribution in [0, 0.1) is 11.8 Å². The predicted molar refractivity (Wildman–Crippen MR) is 177 cm³/mol. The van der Waals surface area contributed by atoms with Crippen molar-refractivity contribution in [3.63, 3.8) is 0 Å². The quantitative estimate of drug-likeness (QED) is 0.325. The number of aromatic nitrogens is 1. The number of carbonyl (C=O) groups is 2. The molecule has 44 heavy (non-hydrogen) atoms. The van der Waals surface area contributed by atoms with Gasteiger partial charge in [-0.05, 0) is 99.5 Å². The lowest BCUT2D eigenvalue weighted by Gasteiger charge is -2.26. The van der Waals surface area contributed by atoms with Gasteiger partial charge in [-0.3, -0.25) is 24.5 Å². The molecule has 6 rings (SSSR count). The Hall–Kier alpha value is -3.64. The van der Waals surface area contributed by atoms with Crippen LogP contribution in [-0.2, 0) is 16.1 Å². The van der Waals surface area contributed by atoms with E-state index in [0.717, 1.165) is 59.5 Å². The van der Waals surface area contributed by atoms with Crippen LogP contribution < -0.4 is 5.32 Å². The summed E-state index contributed by atoms with van der Waals surface area (Å²) in [7, 11) is 0. The molecule has 2 atom stereocenters. The van der Waals surface area contributed by atoms with Crippen LogP contribution in [0.2, 0.25) is 0 Å². The predicted octanol–water partition coefficient (Wildman–Crippen LogP) is 7.66. The lowest BCUT2D eigenvalue weighted by atomic mass is 9.87. The standard InChI is InChI=1S/C38H46N4O2/c1-25-11-13-32(14-16-33(25)37(43)26(2)19-28-9-5-6-10-28)41-38(44)36-35-21-30(12-15-34(35)27(3)40-36)31-20-29(22-39-23-31)24-42-17-7-4-8-18-42/h12-16,20-23,26-28H,4-11,17-19,24H2,1-3H3,(H,41,44)/t26-,27+/m1/s1. The van der Waals surface area contributed by atoms with Gasteiger partial charge in [0.1, 0.15) is 5.71 Å². The zero-order valence-electron chi connectivity index (χ0n) is 26.6. The monoisotopic (exact) mass is 590 g/mol. The van der Waals surface area contributed by atoms with Crippen molar-refractivity contribution in [2.24, 2.45) is 16.8 Å². The fourth-order valence-electron chi connectivity index (χ4n) is 7.38. The molecule has 1 amide bonds. The maximum absolute atomic E-state index is 13.6. The fourth-order valence-corrected chi connectivity index (χ4v) is 7.38. The van der Waals surface area contributed by atoms with Crippen LogP contribution in [-0.4, -0.2) is 40.4 Å². The number of rotatable bonds is 9. The van der Waals surface area contributed by atoms with Crippen LogP contribution >= 0.6 is 0 Å². The summed E-state index contributed by atoms with van der Waals surface area (Å²) in [5, 5.41) is 3.09. The van der Waals surface area contributed by atoms with Gasteiger partial charge in [-0.15, -0.1) is 0 Å². The van der Waals surface area contributed by atoms with E-state index in [1.165, 1.54) is 50.5 Å². The SMILES string of the molecule is CC1=C(C(=O)[C@H](C)CC2CCCC2)C=CC(NC(=O)C2=N[C@@H](C)c3ccc(-c4cncc(CN5CCCCC5)c4)cc32)=CC1. The Morgan fingerprint density at radius 1 is 1.00 bits per heavy atom. The number of hydrogen-bond donors (Lipinski definition) is 1. The van der Waals surface area contributed by atoms with Gasteiger partial charge in [-0.1, -0.05) is 62.8 Å². The van der Waals surface area contributed by atoms with Crippen LogP contribution in [0.3, 0.4) is 0 Å². The van der Waals surface area contributed by atoms with Gasteiger partial charge in [-0.2, -0.15) is 0 Å². The van der Waals surface area contributed by atoms with Gasteiger partial charge in [0.25, 0.3) is 5.91 Å². The van der Waals surface area contributed by atoms with E-state index in [0.29, 0.717) is 23.7 Å². The zero-order valence-corrected chi connectivity index (χ0v) is 26.6. The molecule has 0 bridgehead atoms. The number of allylic oxidation sites excluding steroid dienone is 5. The van der Waals surface area contributed by atoms with Crippen LogP contribution in [0.5, 0.6) is 0 Å². The van der Waals surface area contributed by atoms with Gasteiger partial charge >= 0.3 is 0 Å². The molecule has 1 saturated heterocycles. The molecule has 1 aromatic heterocycles. The van der Waals surface area contributed by atoms with Gasteiger partial charge in [0.15, 0.2) is 5.78 Å². The van der Waals surface area contributed by atoms with Crippen LogP contribution in [0.4, 0.5) is 0 Å². The Labute approximate surface area is 262 Å². The van der Waals surface area contributed by atoms with Crippen molar-refractivity contribution >= 4 is 17.4 Å². The Morgan fingerprint density at radius 2 is 1.80 bits per heavy atom. The number of nitrogens with one attached hydrogen (secondary N) is 1. The molecule has 0 radical (unpaired) electrons. The lowest BCUT2D eigenvalue weighted by molar-refractivity contribution is -0.119. The first kappa shape index (κ1) is 30.4. The van der Waals surface area contributed by atoms with Crippen molar-refractivity contribution in [2.45, 2.75) is 91.1 Å². The number of fused-ring (bicyclic) bond motifs is 1. The van der Waals surface area contributed by atoms with E-state index in [9.17, 15) is 9.59 Å². The molecule has 4 aliphatic rings. The summed E-state index contributed by atoms with van der Waals surface area (Å²) in [5.41, 5.74) is 8.23. The van der Waals surface area contributed by atoms with Crippen molar-refractivity contribution in [3.05, 3.63) is 88.4 Å². The molecular weight excluding hydrogens is 544 g/mol. The summed E-state index contributed by atoms with van der Waals surface area (Å²) >= 11 is 0. The molecule has 3 heterocycles. The van der Waals surface area contributed by atoms with Crippen molar-refractivity contribution in [3.8, 4) is 11.1 Å². The number of benzene rings is 1. The number of hydrogen-bond acceptors (Lipinski definition) is 5. The number of aliphatic imine (C=N–C) groups is 1. The summed E-state index contributed by atoms with van der Waals surface area (Å²) in [4.78, 5) is 38.9. The first-order chi connectivity index (χ1) is 21.4. The highest BCUT2D eigenvalue weighted by atomic mass is 16.2. The minimum Gasteiger partial charge on any atom is -0.321 e. The topological polar surface area (TPSA) is 74.7 Å². The highest BCUT2D eigenvalue weighted by Gasteiger charge is 2.28. The van der Waals surface area contributed by atoms with E-state index < -0.39 is 0 Å². The Balaban J connectivity index is 1.14. The maximum Gasteiger partial charge on any atom is 0.274 e. The number of amides is 1. The average molecular weight is 591 g/mol. The van der Waals surface area contributed by atoms with E-state index in [-0.39, 0.29) is 23.7 Å². The van der Waals surface area contributed by atoms with Crippen molar-refractivity contribution < 1.29 is 9.59 Å². The number of Topliss-reactive ketones (excluding diaryl/α,β-unsaturated/α-hetero) is 1. The number of carbonyl (C=O) groups excluding carboxylic acids is 2. The van der Waals surface area contributed by atoms with Gasteiger partial charge in [-0.25, -0.2) is 0 Å². The van der Waals surface area contributed by atoms with E-state index >= 15 is 0 Å². The third kappa shape index (κ3) is 6.86. The molecule has 6 nitrogen and oxygen atoms in total. The van der Waals surface area contributed by atoms with Crippen molar-refractivity contribution in [2.75, 3.05) is 13.1 Å². The molecule has 2 aromatic rings. The Bertz CT molecular complexity index is 1540. The van der Waals surface area contributed by atoms with E-state index in [1.54, 1.807) is 0 Å². The number of likely N-dealkylation sites (tertiary alicyclic amines) is 1. The second kappa shape index (κ2) is 13.6. The van der Waals surface area contributed by atoms with E-state index in [2.05, 4.69) is 46.4 Å². The average Bonchev–Trinajstić information content (AvgIpc) is 3.62. The lowest BCUT2D eigenvalue weighted by Crippen LogP contribution is -2.30. The molecule has 2 aliphatic heterocycles. The summed E-state index contributed by atoms with van der Waals surface area (Å²) in [5.74, 6) is 0.694. The fraction of sp³-hybridized carbons (Fsp3) is 0.474. The highest BCUT2D eigenvalue weighted by Crippen LogP contribution is 2.34. The molecule has 230 valence electrons.